The average Bonchev–Trinajstić information content (AvgIpc) is 2.90. The summed E-state index contributed by atoms with van der Waals surface area (Å²) < 4.78 is 0. The van der Waals surface area contributed by atoms with Crippen LogP contribution < -0.4 is 10.6 Å². The fraction of sp³-hybridized carbons (Fsp3) is 0.933. The number of hydrogen-bond acceptors (Lipinski definition) is 3. The highest BCUT2D eigenvalue weighted by Crippen LogP contribution is 2.27. The van der Waals surface area contributed by atoms with Gasteiger partial charge in [0.1, 0.15) is 0 Å². The second kappa shape index (κ2) is 8.13. The van der Waals surface area contributed by atoms with Gasteiger partial charge < -0.3 is 15.7 Å². The molecule has 20 heavy (non-hydrogen) atoms. The Kier molecular flexibility index (Phi) is 6.49. The molecule has 2 aliphatic rings. The molecule has 1 atom stereocenters. The van der Waals surface area contributed by atoms with Gasteiger partial charge in [0.25, 0.3) is 0 Å². The average molecular weight is 300 g/mol. The van der Waals surface area contributed by atoms with Crippen LogP contribution in [0.1, 0.15) is 51.4 Å². The highest BCUT2D eigenvalue weighted by Gasteiger charge is 2.31. The van der Waals surface area contributed by atoms with Gasteiger partial charge in [-0.15, -0.1) is 0 Å². The first-order valence-corrected chi connectivity index (χ1v) is 9.15. The van der Waals surface area contributed by atoms with Crippen LogP contribution in [0.3, 0.4) is 0 Å². The third-order valence-electron chi connectivity index (χ3n) is 4.46. The maximum absolute atomic E-state index is 11.7. The number of hydrogen-bond donors (Lipinski definition) is 3. The zero-order chi connectivity index (χ0) is 14.3. The van der Waals surface area contributed by atoms with Crippen molar-refractivity contribution in [2.75, 3.05) is 24.6 Å². The Balaban J connectivity index is 1.49. The summed E-state index contributed by atoms with van der Waals surface area (Å²) in [5, 5.41) is 15.8. The molecule has 1 aliphatic carbocycles. The summed E-state index contributed by atoms with van der Waals surface area (Å²) in [7, 11) is 0. The van der Waals surface area contributed by atoms with Crippen LogP contribution >= 0.6 is 11.8 Å². The van der Waals surface area contributed by atoms with Gasteiger partial charge in [-0.25, -0.2) is 4.79 Å². The molecule has 2 amide bonds. The Morgan fingerprint density at radius 1 is 1.25 bits per heavy atom. The highest BCUT2D eigenvalue weighted by molar-refractivity contribution is 7.99. The van der Waals surface area contributed by atoms with Crippen molar-refractivity contribution in [2.24, 2.45) is 5.92 Å². The molecule has 1 aliphatic heterocycles. The van der Waals surface area contributed by atoms with Gasteiger partial charge in [0.2, 0.25) is 0 Å². The number of nitrogens with one attached hydrogen (secondary N) is 2. The first kappa shape index (κ1) is 16.0. The van der Waals surface area contributed by atoms with E-state index in [4.69, 9.17) is 0 Å². The summed E-state index contributed by atoms with van der Waals surface area (Å²) in [6.07, 6.45) is 10.00. The summed E-state index contributed by atoms with van der Waals surface area (Å²) in [5.74, 6) is 2.60. The molecule has 2 fully saturated rings. The van der Waals surface area contributed by atoms with Crippen LogP contribution in [0, 0.1) is 5.92 Å². The fourth-order valence-electron chi connectivity index (χ4n) is 3.11. The van der Waals surface area contributed by atoms with Crippen molar-refractivity contribution in [3.05, 3.63) is 0 Å². The van der Waals surface area contributed by atoms with Crippen molar-refractivity contribution in [1.29, 1.82) is 0 Å². The van der Waals surface area contributed by atoms with Crippen molar-refractivity contribution >= 4 is 17.8 Å². The van der Waals surface area contributed by atoms with Crippen molar-refractivity contribution < 1.29 is 9.90 Å². The number of carbonyl (C=O) groups excluding carboxylic acids is 1. The van der Waals surface area contributed by atoms with E-state index in [1.54, 1.807) is 11.8 Å². The molecule has 0 spiro atoms. The summed E-state index contributed by atoms with van der Waals surface area (Å²) >= 11 is 1.75. The topological polar surface area (TPSA) is 61.4 Å². The standard InChI is InChI=1S/C15H28N2O2S/c18-14(17-11-15(19)8-10-20-12-15)16-9-4-7-13-5-2-1-3-6-13/h13,19H,1-12H2,(H2,16,17,18). The quantitative estimate of drug-likeness (QED) is 0.661. The monoisotopic (exact) mass is 300 g/mol. The molecule has 5 heteroatoms. The van der Waals surface area contributed by atoms with E-state index in [9.17, 15) is 9.90 Å². The minimum absolute atomic E-state index is 0.140. The maximum atomic E-state index is 11.7. The van der Waals surface area contributed by atoms with Gasteiger partial charge in [-0.1, -0.05) is 32.1 Å². The first-order chi connectivity index (χ1) is 9.68. The molecule has 1 saturated carbocycles. The Morgan fingerprint density at radius 3 is 2.75 bits per heavy atom. The molecule has 3 N–H and O–H groups in total. The normalized spacial score (nSPS) is 27.4. The van der Waals surface area contributed by atoms with Gasteiger partial charge in [0.15, 0.2) is 0 Å². The lowest BCUT2D eigenvalue weighted by Crippen LogP contribution is -2.46. The third-order valence-corrected chi connectivity index (χ3v) is 5.69. The van der Waals surface area contributed by atoms with E-state index in [1.165, 1.54) is 38.5 Å². The minimum atomic E-state index is -0.690. The number of rotatable bonds is 6. The van der Waals surface area contributed by atoms with Crippen LogP contribution in [-0.2, 0) is 0 Å². The molecular weight excluding hydrogens is 272 g/mol. The Bertz CT molecular complexity index is 300. The molecule has 1 unspecified atom stereocenters. The molecule has 0 radical (unpaired) electrons. The molecule has 116 valence electrons. The smallest absolute Gasteiger partial charge is 0.314 e. The zero-order valence-corrected chi connectivity index (χ0v) is 13.1. The van der Waals surface area contributed by atoms with Crippen LogP contribution in [0.15, 0.2) is 0 Å². The Hall–Kier alpha value is -0.420. The van der Waals surface area contributed by atoms with Crippen molar-refractivity contribution in [2.45, 2.75) is 57.0 Å². The maximum Gasteiger partial charge on any atom is 0.314 e. The van der Waals surface area contributed by atoms with Crippen LogP contribution in [0.25, 0.3) is 0 Å². The fourth-order valence-corrected chi connectivity index (χ4v) is 4.41. The van der Waals surface area contributed by atoms with Gasteiger partial charge in [0.05, 0.1) is 5.60 Å². The molecule has 0 aromatic rings. The van der Waals surface area contributed by atoms with Crippen molar-refractivity contribution in [3.8, 4) is 0 Å². The molecule has 0 bridgehead atoms. The van der Waals surface area contributed by atoms with E-state index in [-0.39, 0.29) is 6.03 Å². The van der Waals surface area contributed by atoms with E-state index in [0.717, 1.165) is 36.8 Å². The predicted molar refractivity (Wildman–Crippen MR) is 84.1 cm³/mol. The number of carbonyl (C=O) groups is 1. The Morgan fingerprint density at radius 2 is 2.05 bits per heavy atom. The second-order valence-corrected chi connectivity index (χ2v) is 7.39. The summed E-state index contributed by atoms with van der Waals surface area (Å²) in [5.41, 5.74) is -0.690. The van der Waals surface area contributed by atoms with E-state index in [2.05, 4.69) is 10.6 Å². The molecule has 2 rings (SSSR count). The highest BCUT2D eigenvalue weighted by atomic mass is 32.2. The van der Waals surface area contributed by atoms with E-state index in [0.29, 0.717) is 6.54 Å². The zero-order valence-electron chi connectivity index (χ0n) is 12.3. The van der Waals surface area contributed by atoms with Crippen LogP contribution in [-0.4, -0.2) is 41.3 Å². The molecule has 4 nitrogen and oxygen atoms in total. The van der Waals surface area contributed by atoms with Gasteiger partial charge in [-0.2, -0.15) is 11.8 Å². The van der Waals surface area contributed by atoms with Crippen molar-refractivity contribution in [3.63, 3.8) is 0 Å². The van der Waals surface area contributed by atoms with Gasteiger partial charge >= 0.3 is 6.03 Å². The SMILES string of the molecule is O=C(NCCCC1CCCCC1)NCC1(O)CCSC1. The number of thioether (sulfide) groups is 1. The van der Waals surface area contributed by atoms with E-state index >= 15 is 0 Å². The second-order valence-electron chi connectivity index (χ2n) is 6.28. The minimum Gasteiger partial charge on any atom is -0.387 e. The molecule has 0 aromatic heterocycles. The number of aliphatic hydroxyl groups is 1. The van der Waals surface area contributed by atoms with Crippen molar-refractivity contribution in [1.82, 2.24) is 10.6 Å². The summed E-state index contributed by atoms with van der Waals surface area (Å²) in [4.78, 5) is 11.7. The first-order valence-electron chi connectivity index (χ1n) is 8.00. The van der Waals surface area contributed by atoms with E-state index in [1.807, 2.05) is 0 Å². The number of urea groups is 1. The lowest BCUT2D eigenvalue weighted by molar-refractivity contribution is 0.0700. The third kappa shape index (κ3) is 5.52. The Labute approximate surface area is 126 Å². The molecular formula is C15H28N2O2S. The lowest BCUT2D eigenvalue weighted by Gasteiger charge is -2.22. The van der Waals surface area contributed by atoms with Gasteiger partial charge in [0, 0.05) is 18.8 Å². The van der Waals surface area contributed by atoms with Gasteiger partial charge in [-0.3, -0.25) is 0 Å². The number of amides is 2. The van der Waals surface area contributed by atoms with Crippen LogP contribution in [0.2, 0.25) is 0 Å². The summed E-state index contributed by atoms with van der Waals surface area (Å²) in [6, 6.07) is -0.140. The molecule has 1 saturated heterocycles. The molecule has 0 aromatic carbocycles. The predicted octanol–water partition coefficient (Wildman–Crippen LogP) is 2.51. The largest absolute Gasteiger partial charge is 0.387 e. The summed E-state index contributed by atoms with van der Waals surface area (Å²) in [6.45, 7) is 1.12. The van der Waals surface area contributed by atoms with Crippen LogP contribution in [0.4, 0.5) is 4.79 Å². The van der Waals surface area contributed by atoms with Crippen LogP contribution in [0.5, 0.6) is 0 Å². The van der Waals surface area contributed by atoms with Gasteiger partial charge in [-0.05, 0) is 30.9 Å². The lowest BCUT2D eigenvalue weighted by atomic mass is 9.86. The molecule has 1 heterocycles. The van der Waals surface area contributed by atoms with E-state index < -0.39 is 5.60 Å².